The highest BCUT2D eigenvalue weighted by molar-refractivity contribution is 5.88. The lowest BCUT2D eigenvalue weighted by Gasteiger charge is -2.21. The Labute approximate surface area is 161 Å². The molecule has 1 N–H and O–H groups in total. The minimum absolute atomic E-state index is 0.0529. The predicted octanol–water partition coefficient (Wildman–Crippen LogP) is 4.35. The van der Waals surface area contributed by atoms with Crippen LogP contribution in [0.25, 0.3) is 10.9 Å². The van der Waals surface area contributed by atoms with E-state index in [9.17, 15) is 26.7 Å². The standard InChI is InChI=1S/C20H14F5N3O/c1-28(2)18-13(5-10-3-4-12(6-15(10)21)20(23,24)25)17-14(7-16(18)22)19(29)11(8-26)9-27-17/h3-4,6-7,9H,5H2,1-2H3,(H,27,29). The Morgan fingerprint density at radius 1 is 1.14 bits per heavy atom. The summed E-state index contributed by atoms with van der Waals surface area (Å²) in [6.45, 7) is 0. The Kier molecular flexibility index (Phi) is 5.05. The molecule has 1 heterocycles. The molecule has 0 fully saturated rings. The van der Waals surface area contributed by atoms with E-state index in [-0.39, 0.29) is 39.7 Å². The van der Waals surface area contributed by atoms with Gasteiger partial charge in [-0.1, -0.05) is 6.07 Å². The van der Waals surface area contributed by atoms with Crippen molar-refractivity contribution in [3.8, 4) is 6.07 Å². The number of nitrogens with one attached hydrogen (secondary N) is 1. The number of halogens is 5. The highest BCUT2D eigenvalue weighted by atomic mass is 19.4. The van der Waals surface area contributed by atoms with Crippen molar-refractivity contribution in [1.29, 1.82) is 5.26 Å². The van der Waals surface area contributed by atoms with Gasteiger partial charge in [-0.2, -0.15) is 18.4 Å². The highest BCUT2D eigenvalue weighted by Crippen LogP contribution is 2.34. The number of aromatic nitrogens is 1. The molecule has 150 valence electrons. The summed E-state index contributed by atoms with van der Waals surface area (Å²) in [4.78, 5) is 16.6. The van der Waals surface area contributed by atoms with Gasteiger partial charge in [0.2, 0.25) is 5.43 Å². The van der Waals surface area contributed by atoms with E-state index >= 15 is 0 Å². The summed E-state index contributed by atoms with van der Waals surface area (Å²) in [6.07, 6.45) is -3.80. The maximum absolute atomic E-state index is 14.8. The van der Waals surface area contributed by atoms with Crippen LogP contribution in [-0.2, 0) is 12.6 Å². The summed E-state index contributed by atoms with van der Waals surface area (Å²) in [7, 11) is 3.08. The number of hydrogen-bond acceptors (Lipinski definition) is 3. The first kappa shape index (κ1) is 20.3. The summed E-state index contributed by atoms with van der Waals surface area (Å²) in [5.74, 6) is -1.87. The second kappa shape index (κ2) is 7.20. The fourth-order valence-corrected chi connectivity index (χ4v) is 3.19. The average Bonchev–Trinajstić information content (AvgIpc) is 2.63. The lowest BCUT2D eigenvalue weighted by atomic mass is 9.97. The zero-order valence-corrected chi connectivity index (χ0v) is 15.3. The van der Waals surface area contributed by atoms with Gasteiger partial charge in [0.25, 0.3) is 0 Å². The van der Waals surface area contributed by atoms with Gasteiger partial charge in [0.15, 0.2) is 0 Å². The summed E-state index contributed by atoms with van der Waals surface area (Å²) >= 11 is 0. The van der Waals surface area contributed by atoms with E-state index in [1.165, 1.54) is 4.90 Å². The van der Waals surface area contributed by atoms with Crippen LogP contribution >= 0.6 is 0 Å². The van der Waals surface area contributed by atoms with Crippen LogP contribution in [0, 0.1) is 23.0 Å². The Morgan fingerprint density at radius 3 is 2.38 bits per heavy atom. The van der Waals surface area contributed by atoms with Crippen LogP contribution in [0.2, 0.25) is 0 Å². The number of nitrogens with zero attached hydrogens (tertiary/aromatic N) is 2. The molecule has 1 aromatic heterocycles. The van der Waals surface area contributed by atoms with Gasteiger partial charge in [0.05, 0.1) is 22.2 Å². The third-order valence-corrected chi connectivity index (χ3v) is 4.52. The highest BCUT2D eigenvalue weighted by Gasteiger charge is 2.31. The molecular weight excluding hydrogens is 393 g/mol. The zero-order valence-electron chi connectivity index (χ0n) is 15.3. The van der Waals surface area contributed by atoms with Crippen molar-refractivity contribution in [1.82, 2.24) is 4.98 Å². The van der Waals surface area contributed by atoms with Crippen molar-refractivity contribution in [3.63, 3.8) is 0 Å². The van der Waals surface area contributed by atoms with Crippen LogP contribution in [0.3, 0.4) is 0 Å². The Bertz CT molecular complexity index is 1210. The molecule has 29 heavy (non-hydrogen) atoms. The van der Waals surface area contributed by atoms with E-state index in [0.29, 0.717) is 6.07 Å². The van der Waals surface area contributed by atoms with E-state index in [0.717, 1.165) is 24.4 Å². The molecule has 0 unspecified atom stereocenters. The van der Waals surface area contributed by atoms with Crippen molar-refractivity contribution in [3.05, 3.63) is 74.6 Å². The fourth-order valence-electron chi connectivity index (χ4n) is 3.19. The average molecular weight is 407 g/mol. The Balaban J connectivity index is 2.26. The summed E-state index contributed by atoms with van der Waals surface area (Å²) in [5.41, 5.74) is -1.73. The molecule has 0 saturated carbocycles. The van der Waals surface area contributed by atoms with Crippen LogP contribution < -0.4 is 10.3 Å². The van der Waals surface area contributed by atoms with Crippen molar-refractivity contribution in [2.45, 2.75) is 12.6 Å². The molecule has 9 heteroatoms. The molecule has 0 bridgehead atoms. The molecule has 3 aromatic rings. The second-order valence-corrected chi connectivity index (χ2v) is 6.63. The van der Waals surface area contributed by atoms with Crippen molar-refractivity contribution < 1.29 is 22.0 Å². The summed E-state index contributed by atoms with van der Waals surface area (Å²) in [6, 6.07) is 4.78. The molecular formula is C20H14F5N3O. The van der Waals surface area contributed by atoms with Crippen LogP contribution in [0.5, 0.6) is 0 Å². The first-order valence-corrected chi connectivity index (χ1v) is 8.34. The van der Waals surface area contributed by atoms with Gasteiger partial charge in [0, 0.05) is 32.3 Å². The van der Waals surface area contributed by atoms with E-state index in [4.69, 9.17) is 5.26 Å². The zero-order chi connectivity index (χ0) is 21.5. The Hall–Kier alpha value is -3.41. The first-order valence-electron chi connectivity index (χ1n) is 8.34. The maximum atomic E-state index is 14.8. The number of hydrogen-bond donors (Lipinski definition) is 1. The maximum Gasteiger partial charge on any atom is 0.416 e. The van der Waals surface area contributed by atoms with E-state index < -0.39 is 28.8 Å². The van der Waals surface area contributed by atoms with Crippen LogP contribution in [0.4, 0.5) is 27.6 Å². The number of rotatable bonds is 3. The number of alkyl halides is 3. The van der Waals surface area contributed by atoms with Gasteiger partial charge in [-0.15, -0.1) is 0 Å². The van der Waals surface area contributed by atoms with E-state index in [1.54, 1.807) is 20.2 Å². The quantitative estimate of drug-likeness (QED) is 0.657. The molecule has 4 nitrogen and oxygen atoms in total. The molecule has 3 rings (SSSR count). The normalized spacial score (nSPS) is 11.5. The topological polar surface area (TPSA) is 59.9 Å². The number of fused-ring (bicyclic) bond motifs is 1. The van der Waals surface area contributed by atoms with E-state index in [1.807, 2.05) is 0 Å². The minimum Gasteiger partial charge on any atom is -0.375 e. The van der Waals surface area contributed by atoms with E-state index in [2.05, 4.69) is 4.98 Å². The summed E-state index contributed by atoms with van der Waals surface area (Å²) < 4.78 is 67.5. The largest absolute Gasteiger partial charge is 0.416 e. The third kappa shape index (κ3) is 3.66. The third-order valence-electron chi connectivity index (χ3n) is 4.52. The number of aromatic amines is 1. The molecule has 2 aromatic carbocycles. The first-order chi connectivity index (χ1) is 13.5. The number of anilines is 1. The molecule has 0 aliphatic rings. The number of nitriles is 1. The minimum atomic E-state index is -4.70. The summed E-state index contributed by atoms with van der Waals surface area (Å²) in [5, 5.41) is 8.91. The van der Waals surface area contributed by atoms with Gasteiger partial charge < -0.3 is 9.88 Å². The molecule has 0 aliphatic heterocycles. The number of benzene rings is 2. The fraction of sp³-hybridized carbons (Fsp3) is 0.200. The monoisotopic (exact) mass is 407 g/mol. The molecule has 0 atom stereocenters. The lowest BCUT2D eigenvalue weighted by Crippen LogP contribution is -2.17. The van der Waals surface area contributed by atoms with Gasteiger partial charge in [-0.3, -0.25) is 4.79 Å². The second-order valence-electron chi connectivity index (χ2n) is 6.63. The predicted molar refractivity (Wildman–Crippen MR) is 97.8 cm³/mol. The number of H-pyrrole nitrogens is 1. The van der Waals surface area contributed by atoms with Gasteiger partial charge in [-0.25, -0.2) is 8.78 Å². The molecule has 0 spiro atoms. The number of pyridine rings is 1. The van der Waals surface area contributed by atoms with Crippen molar-refractivity contribution in [2.24, 2.45) is 0 Å². The van der Waals surface area contributed by atoms with Gasteiger partial charge >= 0.3 is 6.18 Å². The van der Waals surface area contributed by atoms with Gasteiger partial charge in [-0.05, 0) is 23.8 Å². The van der Waals surface area contributed by atoms with Crippen LogP contribution in [-0.4, -0.2) is 19.1 Å². The molecule has 0 amide bonds. The van der Waals surface area contributed by atoms with Crippen LogP contribution in [0.1, 0.15) is 22.3 Å². The van der Waals surface area contributed by atoms with Gasteiger partial charge in [0.1, 0.15) is 23.3 Å². The molecule has 0 aliphatic carbocycles. The van der Waals surface area contributed by atoms with Crippen molar-refractivity contribution >= 4 is 16.6 Å². The Morgan fingerprint density at radius 2 is 1.83 bits per heavy atom. The molecule has 0 radical (unpaired) electrons. The lowest BCUT2D eigenvalue weighted by molar-refractivity contribution is -0.137. The SMILES string of the molecule is CN(C)c1c(F)cc2c(=O)c(C#N)c[nH]c2c1Cc1ccc(C(F)(F)F)cc1F. The van der Waals surface area contributed by atoms with Crippen LogP contribution in [0.15, 0.2) is 35.3 Å². The van der Waals surface area contributed by atoms with Crippen molar-refractivity contribution in [2.75, 3.05) is 19.0 Å². The molecule has 0 saturated heterocycles. The smallest absolute Gasteiger partial charge is 0.375 e.